The smallest absolute Gasteiger partial charge is 0.333 e. The van der Waals surface area contributed by atoms with Crippen LogP contribution in [0.5, 0.6) is 11.5 Å². The van der Waals surface area contributed by atoms with E-state index in [2.05, 4.69) is 5.32 Å². The number of amides is 3. The molecule has 1 saturated heterocycles. The van der Waals surface area contributed by atoms with Gasteiger partial charge in [0.1, 0.15) is 18.1 Å². The molecule has 1 heterocycles. The molecular formula is C24H18ClFN2O4. The predicted molar refractivity (Wildman–Crippen MR) is 119 cm³/mol. The number of hydrogen-bond acceptors (Lipinski definition) is 4. The van der Waals surface area contributed by atoms with Crippen molar-refractivity contribution in [2.45, 2.75) is 6.61 Å². The third kappa shape index (κ3) is 4.43. The summed E-state index contributed by atoms with van der Waals surface area (Å²) in [4.78, 5) is 26.2. The predicted octanol–water partition coefficient (Wildman–Crippen LogP) is 5.16. The number of benzene rings is 3. The van der Waals surface area contributed by atoms with Gasteiger partial charge in [0.05, 0.1) is 12.8 Å². The second kappa shape index (κ2) is 9.11. The van der Waals surface area contributed by atoms with Crippen LogP contribution >= 0.6 is 11.6 Å². The first-order chi connectivity index (χ1) is 15.5. The van der Waals surface area contributed by atoms with Crippen molar-refractivity contribution in [2.24, 2.45) is 0 Å². The zero-order chi connectivity index (χ0) is 22.7. The maximum absolute atomic E-state index is 13.8. The molecule has 1 fully saturated rings. The quantitative estimate of drug-likeness (QED) is 0.414. The molecule has 0 aromatic heterocycles. The number of carbonyl (C=O) groups is 2. The van der Waals surface area contributed by atoms with E-state index in [4.69, 9.17) is 21.1 Å². The fraction of sp³-hybridized carbons (Fsp3) is 0.0833. The minimum Gasteiger partial charge on any atom is -0.493 e. The van der Waals surface area contributed by atoms with Crippen molar-refractivity contribution in [2.75, 3.05) is 12.0 Å². The molecule has 32 heavy (non-hydrogen) atoms. The highest BCUT2D eigenvalue weighted by Gasteiger charge is 2.34. The summed E-state index contributed by atoms with van der Waals surface area (Å²) < 4.78 is 24.9. The van der Waals surface area contributed by atoms with E-state index in [0.29, 0.717) is 33.3 Å². The molecule has 3 amide bonds. The van der Waals surface area contributed by atoms with Crippen molar-refractivity contribution in [3.8, 4) is 11.5 Å². The number of rotatable bonds is 6. The molecule has 0 bridgehead atoms. The van der Waals surface area contributed by atoms with Gasteiger partial charge in [0.25, 0.3) is 5.91 Å². The third-order valence-electron chi connectivity index (χ3n) is 4.78. The zero-order valence-electron chi connectivity index (χ0n) is 17.0. The van der Waals surface area contributed by atoms with Gasteiger partial charge < -0.3 is 14.8 Å². The number of ether oxygens (including phenoxy) is 2. The number of carbonyl (C=O) groups excluding carboxylic acids is 2. The van der Waals surface area contributed by atoms with Gasteiger partial charge in [-0.1, -0.05) is 41.9 Å². The fourth-order valence-electron chi connectivity index (χ4n) is 3.22. The Labute approximate surface area is 188 Å². The van der Waals surface area contributed by atoms with Gasteiger partial charge in [-0.2, -0.15) is 0 Å². The van der Waals surface area contributed by atoms with E-state index in [0.717, 1.165) is 4.90 Å². The first kappa shape index (κ1) is 21.4. The van der Waals surface area contributed by atoms with E-state index in [1.54, 1.807) is 54.6 Å². The second-order valence-electron chi connectivity index (χ2n) is 6.90. The molecular weight excluding hydrogens is 435 g/mol. The molecule has 0 atom stereocenters. The Bertz CT molecular complexity index is 1230. The van der Waals surface area contributed by atoms with Gasteiger partial charge in [0.2, 0.25) is 0 Å². The van der Waals surface area contributed by atoms with Crippen molar-refractivity contribution in [3.63, 3.8) is 0 Å². The van der Waals surface area contributed by atoms with E-state index >= 15 is 0 Å². The van der Waals surface area contributed by atoms with E-state index in [-0.39, 0.29) is 18.1 Å². The minimum atomic E-state index is -0.569. The first-order valence-corrected chi connectivity index (χ1v) is 10.0. The molecule has 0 aliphatic carbocycles. The summed E-state index contributed by atoms with van der Waals surface area (Å²) in [5.41, 5.74) is 1.51. The van der Waals surface area contributed by atoms with Crippen LogP contribution in [0, 0.1) is 5.82 Å². The lowest BCUT2D eigenvalue weighted by atomic mass is 10.1. The maximum Gasteiger partial charge on any atom is 0.333 e. The molecule has 1 N–H and O–H groups in total. The van der Waals surface area contributed by atoms with Crippen molar-refractivity contribution >= 4 is 35.3 Å². The molecule has 0 unspecified atom stereocenters. The summed E-state index contributed by atoms with van der Waals surface area (Å²) in [7, 11) is 1.48. The van der Waals surface area contributed by atoms with Crippen molar-refractivity contribution < 1.29 is 23.5 Å². The maximum atomic E-state index is 13.8. The van der Waals surface area contributed by atoms with E-state index < -0.39 is 11.9 Å². The Morgan fingerprint density at radius 2 is 1.84 bits per heavy atom. The van der Waals surface area contributed by atoms with Crippen molar-refractivity contribution in [3.05, 3.63) is 94.4 Å². The van der Waals surface area contributed by atoms with Crippen molar-refractivity contribution in [1.82, 2.24) is 5.32 Å². The first-order valence-electron chi connectivity index (χ1n) is 9.63. The molecule has 3 aromatic carbocycles. The number of hydrogen-bond donors (Lipinski definition) is 1. The Morgan fingerprint density at radius 1 is 1.03 bits per heavy atom. The standard InChI is InChI=1S/C24H18ClFN2O4/c1-31-22-12-15(9-10-21(22)32-14-16-5-2-3-8-19(16)26)11-20-23(29)28(24(30)27-20)18-7-4-6-17(25)13-18/h2-13H,14H2,1H3,(H,27,30)/b20-11+. The van der Waals surface area contributed by atoms with Crippen LogP contribution in [-0.2, 0) is 11.4 Å². The average Bonchev–Trinajstić information content (AvgIpc) is 3.06. The molecule has 0 spiro atoms. The molecule has 8 heteroatoms. The van der Waals surface area contributed by atoms with Crippen LogP contribution in [0.4, 0.5) is 14.9 Å². The second-order valence-corrected chi connectivity index (χ2v) is 7.34. The number of imide groups is 1. The number of nitrogens with zero attached hydrogens (tertiary/aromatic N) is 1. The highest BCUT2D eigenvalue weighted by atomic mass is 35.5. The summed E-state index contributed by atoms with van der Waals surface area (Å²) >= 11 is 5.98. The summed E-state index contributed by atoms with van der Waals surface area (Å²) in [5, 5.41) is 2.98. The normalized spacial score (nSPS) is 14.6. The summed E-state index contributed by atoms with van der Waals surface area (Å²) in [6.45, 7) is 0.0343. The Morgan fingerprint density at radius 3 is 2.59 bits per heavy atom. The van der Waals surface area contributed by atoms with Gasteiger partial charge in [-0.15, -0.1) is 0 Å². The monoisotopic (exact) mass is 452 g/mol. The Balaban J connectivity index is 1.54. The van der Waals surface area contributed by atoms with E-state index in [9.17, 15) is 14.0 Å². The molecule has 6 nitrogen and oxygen atoms in total. The van der Waals surface area contributed by atoms with E-state index in [1.165, 1.54) is 25.3 Å². The number of halogens is 2. The van der Waals surface area contributed by atoms with Gasteiger partial charge in [-0.25, -0.2) is 14.1 Å². The number of anilines is 1. The molecule has 3 aromatic rings. The summed E-state index contributed by atoms with van der Waals surface area (Å²) in [6.07, 6.45) is 1.54. The number of methoxy groups -OCH3 is 1. The lowest BCUT2D eigenvalue weighted by Gasteiger charge is -2.12. The van der Waals surface area contributed by atoms with Gasteiger partial charge in [-0.3, -0.25) is 4.79 Å². The lowest BCUT2D eigenvalue weighted by Crippen LogP contribution is -2.30. The largest absolute Gasteiger partial charge is 0.493 e. The topological polar surface area (TPSA) is 67.9 Å². The van der Waals surface area contributed by atoms with Crippen LogP contribution in [0.15, 0.2) is 72.4 Å². The highest BCUT2D eigenvalue weighted by Crippen LogP contribution is 2.31. The average molecular weight is 453 g/mol. The zero-order valence-corrected chi connectivity index (χ0v) is 17.7. The van der Waals surface area contributed by atoms with Gasteiger partial charge in [-0.05, 0) is 48.0 Å². The van der Waals surface area contributed by atoms with Crippen LogP contribution in [0.3, 0.4) is 0 Å². The molecule has 162 valence electrons. The Kier molecular flexibility index (Phi) is 6.09. The molecule has 0 radical (unpaired) electrons. The molecule has 0 saturated carbocycles. The van der Waals surface area contributed by atoms with Gasteiger partial charge in [0, 0.05) is 10.6 Å². The number of urea groups is 1. The lowest BCUT2D eigenvalue weighted by molar-refractivity contribution is -0.113. The van der Waals surface area contributed by atoms with Gasteiger partial charge >= 0.3 is 6.03 Å². The number of nitrogens with one attached hydrogen (secondary N) is 1. The summed E-state index contributed by atoms with van der Waals surface area (Å²) in [6, 6.07) is 17.3. The molecule has 4 rings (SSSR count). The van der Waals surface area contributed by atoms with E-state index in [1.807, 2.05) is 0 Å². The van der Waals surface area contributed by atoms with Crippen LogP contribution in [0.25, 0.3) is 6.08 Å². The van der Waals surface area contributed by atoms with Crippen LogP contribution in [0.2, 0.25) is 5.02 Å². The third-order valence-corrected chi connectivity index (χ3v) is 5.02. The van der Waals surface area contributed by atoms with Crippen molar-refractivity contribution in [1.29, 1.82) is 0 Å². The summed E-state index contributed by atoms with van der Waals surface area (Å²) in [5.74, 6) is -0.0388. The van der Waals surface area contributed by atoms with Gasteiger partial charge in [0.15, 0.2) is 11.5 Å². The Hall–Kier alpha value is -3.84. The SMILES string of the molecule is COc1cc(/C=C2/NC(=O)N(c3cccc(Cl)c3)C2=O)ccc1OCc1ccccc1F. The van der Waals surface area contributed by atoms with Crippen LogP contribution < -0.4 is 19.7 Å². The fourth-order valence-corrected chi connectivity index (χ4v) is 3.40. The van der Waals surface area contributed by atoms with Crippen LogP contribution in [0.1, 0.15) is 11.1 Å². The minimum absolute atomic E-state index is 0.0343. The van der Waals surface area contributed by atoms with Crippen LogP contribution in [-0.4, -0.2) is 19.0 Å². The molecule has 1 aliphatic heterocycles. The molecule has 1 aliphatic rings. The highest BCUT2D eigenvalue weighted by molar-refractivity contribution is 6.32.